The van der Waals surface area contributed by atoms with Gasteiger partial charge in [0.25, 0.3) is 11.8 Å². The maximum Gasteiger partial charge on any atom is 0.272 e. The van der Waals surface area contributed by atoms with Crippen LogP contribution in [0.15, 0.2) is 60.7 Å². The van der Waals surface area contributed by atoms with Crippen LogP contribution in [0.4, 0.5) is 0 Å². The van der Waals surface area contributed by atoms with E-state index >= 15 is 0 Å². The Hall–Kier alpha value is -4.80. The molecule has 0 bridgehead atoms. The van der Waals surface area contributed by atoms with Crippen molar-refractivity contribution in [2.75, 3.05) is 26.2 Å². The largest absolute Gasteiger partial charge is 0.338 e. The summed E-state index contributed by atoms with van der Waals surface area (Å²) in [5, 5.41) is 0.879. The first-order valence-corrected chi connectivity index (χ1v) is 18.3. The van der Waals surface area contributed by atoms with Gasteiger partial charge in [-0.3, -0.25) is 9.59 Å². The fourth-order valence-electron chi connectivity index (χ4n) is 6.63. The van der Waals surface area contributed by atoms with Crippen molar-refractivity contribution in [3.63, 3.8) is 0 Å². The molecular formula is C39H42Cl2N8O2. The van der Waals surface area contributed by atoms with Crippen molar-refractivity contribution in [2.45, 2.75) is 61.1 Å². The first-order chi connectivity index (χ1) is 24.6. The van der Waals surface area contributed by atoms with Crippen LogP contribution in [0.1, 0.15) is 73.6 Å². The highest BCUT2D eigenvalue weighted by Crippen LogP contribution is 2.30. The minimum atomic E-state index is -0.156. The third kappa shape index (κ3) is 7.07. The summed E-state index contributed by atoms with van der Waals surface area (Å²) in [4.78, 5) is 49.1. The van der Waals surface area contributed by atoms with Gasteiger partial charge in [-0.2, -0.15) is 0 Å². The Morgan fingerprint density at radius 3 is 1.31 bits per heavy atom. The number of imidazole rings is 2. The highest BCUT2D eigenvalue weighted by Gasteiger charge is 2.21. The van der Waals surface area contributed by atoms with Gasteiger partial charge in [-0.1, -0.05) is 35.3 Å². The summed E-state index contributed by atoms with van der Waals surface area (Å²) in [6.45, 7) is 15.6. The molecule has 0 unspecified atom stereocenters. The number of aryl methyl sites for hydroxylation is 2. The molecule has 0 aliphatic carbocycles. The highest BCUT2D eigenvalue weighted by atomic mass is 35.5. The van der Waals surface area contributed by atoms with Crippen molar-refractivity contribution in [3.8, 4) is 23.0 Å². The average Bonchev–Trinajstić information content (AvgIpc) is 3.69. The summed E-state index contributed by atoms with van der Waals surface area (Å²) in [5.41, 5.74) is 7.54. The van der Waals surface area contributed by atoms with E-state index in [1.807, 2.05) is 27.7 Å². The van der Waals surface area contributed by atoms with Crippen LogP contribution in [-0.4, -0.2) is 76.9 Å². The smallest absolute Gasteiger partial charge is 0.272 e. The van der Waals surface area contributed by atoms with Gasteiger partial charge in [0, 0.05) is 49.3 Å². The van der Waals surface area contributed by atoms with Gasteiger partial charge in [0.15, 0.2) is 11.6 Å². The van der Waals surface area contributed by atoms with Gasteiger partial charge in [-0.05, 0) is 108 Å². The lowest BCUT2D eigenvalue weighted by atomic mass is 10.0. The maximum absolute atomic E-state index is 13.1. The van der Waals surface area contributed by atoms with E-state index in [4.69, 9.17) is 43.1 Å². The van der Waals surface area contributed by atoms with Gasteiger partial charge in [-0.25, -0.2) is 19.9 Å². The zero-order valence-corrected chi connectivity index (χ0v) is 31.4. The standard InChI is InChI=1S/C39H42Cl2N8O2/c1-7-46(8-2)38(50)32-22-26(40)20-30(42-32)36-44-28-18-24(13-15-34(28)48(36)11-5)17-25-14-16-35-29(19-25)45-37(49(35)12-6)31-21-27(41)23-33(43-31)39(51)47(9-3)10-4/h13-16,18-23H,7-12,17H2,1-6H3. The lowest BCUT2D eigenvalue weighted by Gasteiger charge is -2.18. The van der Waals surface area contributed by atoms with Crippen LogP contribution in [0.25, 0.3) is 45.1 Å². The number of nitrogens with zero attached hydrogens (tertiary/aromatic N) is 8. The third-order valence-corrected chi connectivity index (χ3v) is 9.68. The molecule has 0 saturated carbocycles. The number of fused-ring (bicyclic) bond motifs is 2. The normalized spacial score (nSPS) is 11.5. The molecule has 6 rings (SSSR count). The van der Waals surface area contributed by atoms with Crippen LogP contribution < -0.4 is 0 Å². The van der Waals surface area contributed by atoms with Gasteiger partial charge >= 0.3 is 0 Å². The quantitative estimate of drug-likeness (QED) is 0.126. The fraction of sp³-hybridized carbons (Fsp3) is 0.333. The monoisotopic (exact) mass is 724 g/mol. The second-order valence-corrected chi connectivity index (χ2v) is 13.1. The zero-order chi connectivity index (χ0) is 36.4. The molecule has 6 aromatic rings. The summed E-state index contributed by atoms with van der Waals surface area (Å²) < 4.78 is 4.19. The molecule has 2 amide bonds. The van der Waals surface area contributed by atoms with Crippen molar-refractivity contribution in [1.29, 1.82) is 0 Å². The van der Waals surface area contributed by atoms with Crippen LogP contribution in [0.2, 0.25) is 10.0 Å². The van der Waals surface area contributed by atoms with Crippen LogP contribution in [0, 0.1) is 0 Å². The predicted molar refractivity (Wildman–Crippen MR) is 205 cm³/mol. The third-order valence-electron chi connectivity index (χ3n) is 9.24. The Bertz CT molecular complexity index is 2090. The van der Waals surface area contributed by atoms with E-state index in [1.165, 1.54) is 0 Å². The number of amides is 2. The van der Waals surface area contributed by atoms with E-state index in [9.17, 15) is 9.59 Å². The minimum absolute atomic E-state index is 0.156. The van der Waals surface area contributed by atoms with Crippen molar-refractivity contribution < 1.29 is 9.59 Å². The topological polar surface area (TPSA) is 102 Å². The molecule has 0 N–H and O–H groups in total. The number of halogens is 2. The average molecular weight is 726 g/mol. The van der Waals surface area contributed by atoms with Crippen molar-refractivity contribution in [1.82, 2.24) is 38.9 Å². The van der Waals surface area contributed by atoms with Crippen LogP contribution in [-0.2, 0) is 19.5 Å². The predicted octanol–water partition coefficient (Wildman–Crippen LogP) is 8.41. The van der Waals surface area contributed by atoms with Gasteiger partial charge in [0.1, 0.15) is 22.8 Å². The summed E-state index contributed by atoms with van der Waals surface area (Å²) >= 11 is 13.0. The van der Waals surface area contributed by atoms with Gasteiger partial charge in [0.2, 0.25) is 0 Å². The number of aromatic nitrogens is 6. The Morgan fingerprint density at radius 2 is 0.961 bits per heavy atom. The molecule has 0 fully saturated rings. The molecule has 0 atom stereocenters. The number of benzene rings is 2. The molecule has 0 aliphatic rings. The van der Waals surface area contributed by atoms with Crippen LogP contribution in [0.5, 0.6) is 0 Å². The molecule has 10 nitrogen and oxygen atoms in total. The molecule has 0 aliphatic heterocycles. The maximum atomic E-state index is 13.1. The highest BCUT2D eigenvalue weighted by molar-refractivity contribution is 6.31. The first-order valence-electron chi connectivity index (χ1n) is 17.5. The molecule has 51 heavy (non-hydrogen) atoms. The molecular weight excluding hydrogens is 683 g/mol. The second-order valence-electron chi connectivity index (χ2n) is 12.2. The van der Waals surface area contributed by atoms with Gasteiger partial charge in [-0.15, -0.1) is 0 Å². The first kappa shape index (κ1) is 36.0. The van der Waals surface area contributed by atoms with E-state index in [0.29, 0.717) is 90.2 Å². The molecule has 0 spiro atoms. The van der Waals surface area contributed by atoms with Crippen LogP contribution in [0.3, 0.4) is 0 Å². The Morgan fingerprint density at radius 1 is 0.569 bits per heavy atom. The lowest BCUT2D eigenvalue weighted by molar-refractivity contribution is 0.0759. The molecule has 12 heteroatoms. The second kappa shape index (κ2) is 15.2. The SMILES string of the molecule is CCN(CC)C(=O)c1cc(Cl)cc(-c2nc3cc(Cc4ccc5c(c4)nc(-c4cc(Cl)cc(C(=O)N(CC)CC)n4)n5CC)ccc3n2CC)n1. The number of hydrogen-bond acceptors (Lipinski definition) is 6. The molecule has 0 saturated heterocycles. The number of pyridine rings is 2. The molecule has 4 heterocycles. The van der Waals surface area contributed by atoms with E-state index in [1.54, 1.807) is 34.1 Å². The van der Waals surface area contributed by atoms with E-state index in [2.05, 4.69) is 59.4 Å². The summed E-state index contributed by atoms with van der Waals surface area (Å²) in [6, 6.07) is 19.4. The lowest BCUT2D eigenvalue weighted by Crippen LogP contribution is -2.31. The number of carbonyl (C=O) groups excluding carboxylic acids is 2. The van der Waals surface area contributed by atoms with Crippen molar-refractivity contribution >= 4 is 57.1 Å². The number of hydrogen-bond donors (Lipinski definition) is 0. The van der Waals surface area contributed by atoms with E-state index < -0.39 is 0 Å². The van der Waals surface area contributed by atoms with Crippen molar-refractivity contribution in [3.05, 3.63) is 93.2 Å². The minimum Gasteiger partial charge on any atom is -0.338 e. The zero-order valence-electron chi connectivity index (χ0n) is 29.9. The molecule has 4 aromatic heterocycles. The van der Waals surface area contributed by atoms with Crippen LogP contribution >= 0.6 is 23.2 Å². The Balaban J connectivity index is 1.33. The fourth-order valence-corrected chi connectivity index (χ4v) is 7.04. The summed E-state index contributed by atoms with van der Waals surface area (Å²) in [5.74, 6) is 1.02. The summed E-state index contributed by atoms with van der Waals surface area (Å²) in [6.07, 6.45) is 0.671. The number of rotatable bonds is 12. The van der Waals surface area contributed by atoms with Gasteiger partial charge < -0.3 is 18.9 Å². The molecule has 0 radical (unpaired) electrons. The van der Waals surface area contributed by atoms with E-state index in [0.717, 1.165) is 33.2 Å². The number of carbonyl (C=O) groups is 2. The molecule has 264 valence electrons. The Labute approximate surface area is 308 Å². The van der Waals surface area contributed by atoms with E-state index in [-0.39, 0.29) is 11.8 Å². The molecule has 2 aromatic carbocycles. The Kier molecular flexibility index (Phi) is 10.7. The summed E-state index contributed by atoms with van der Waals surface area (Å²) in [7, 11) is 0. The van der Waals surface area contributed by atoms with Crippen molar-refractivity contribution in [2.24, 2.45) is 0 Å². The van der Waals surface area contributed by atoms with Gasteiger partial charge in [0.05, 0.1) is 22.1 Å².